The number of amides is 1. The van der Waals surface area contributed by atoms with Crippen LogP contribution in [0.25, 0.3) is 0 Å². The minimum Gasteiger partial charge on any atom is -0.501 e. The molecule has 0 unspecified atom stereocenters. The molecule has 1 aromatic heterocycles. The SMILES string of the molecule is COc1cc(F)ccc1CNC(=O)c1ncn(C)c(=O)c1O. The van der Waals surface area contributed by atoms with Crippen LogP contribution in [-0.2, 0) is 13.6 Å². The summed E-state index contributed by atoms with van der Waals surface area (Å²) in [5.41, 5.74) is -0.552. The second-order valence-electron chi connectivity index (χ2n) is 4.50. The van der Waals surface area contributed by atoms with Crippen molar-refractivity contribution in [3.05, 3.63) is 52.0 Å². The Balaban J connectivity index is 2.17. The fraction of sp³-hybridized carbons (Fsp3) is 0.214. The number of halogens is 1. The molecule has 0 saturated heterocycles. The quantitative estimate of drug-likeness (QED) is 0.861. The van der Waals surface area contributed by atoms with Crippen LogP contribution >= 0.6 is 0 Å². The number of ether oxygens (including phenoxy) is 1. The monoisotopic (exact) mass is 307 g/mol. The van der Waals surface area contributed by atoms with Crippen molar-refractivity contribution < 1.29 is 19.0 Å². The zero-order valence-corrected chi connectivity index (χ0v) is 12.0. The van der Waals surface area contributed by atoms with Gasteiger partial charge in [0.15, 0.2) is 5.69 Å². The van der Waals surface area contributed by atoms with Crippen LogP contribution in [-0.4, -0.2) is 27.7 Å². The number of carbonyl (C=O) groups excluding carboxylic acids is 1. The summed E-state index contributed by atoms with van der Waals surface area (Å²) in [5, 5.41) is 12.1. The molecule has 0 saturated carbocycles. The lowest BCUT2D eigenvalue weighted by Gasteiger charge is -2.10. The normalized spacial score (nSPS) is 10.3. The maximum absolute atomic E-state index is 13.1. The molecule has 0 aliphatic rings. The Hall–Kier alpha value is -2.90. The molecule has 1 amide bonds. The van der Waals surface area contributed by atoms with Gasteiger partial charge in [-0.05, 0) is 6.07 Å². The van der Waals surface area contributed by atoms with Gasteiger partial charge < -0.3 is 15.2 Å². The highest BCUT2D eigenvalue weighted by Crippen LogP contribution is 2.19. The van der Waals surface area contributed by atoms with Crippen LogP contribution in [0.15, 0.2) is 29.3 Å². The third-order valence-corrected chi connectivity index (χ3v) is 3.01. The van der Waals surface area contributed by atoms with Crippen molar-refractivity contribution >= 4 is 5.91 Å². The number of aromatic nitrogens is 2. The maximum atomic E-state index is 13.1. The van der Waals surface area contributed by atoms with Crippen LogP contribution in [0.2, 0.25) is 0 Å². The van der Waals surface area contributed by atoms with Gasteiger partial charge in [-0.2, -0.15) is 0 Å². The van der Waals surface area contributed by atoms with E-state index in [1.54, 1.807) is 0 Å². The number of carbonyl (C=O) groups is 1. The summed E-state index contributed by atoms with van der Waals surface area (Å²) in [7, 11) is 2.79. The van der Waals surface area contributed by atoms with Crippen LogP contribution in [0.1, 0.15) is 16.1 Å². The zero-order chi connectivity index (χ0) is 16.3. The van der Waals surface area contributed by atoms with E-state index in [0.29, 0.717) is 5.56 Å². The van der Waals surface area contributed by atoms with E-state index in [9.17, 15) is 19.1 Å². The van der Waals surface area contributed by atoms with Gasteiger partial charge in [0.2, 0.25) is 5.75 Å². The van der Waals surface area contributed by atoms with Crippen molar-refractivity contribution in [2.75, 3.05) is 7.11 Å². The van der Waals surface area contributed by atoms with Crippen molar-refractivity contribution in [1.82, 2.24) is 14.9 Å². The van der Waals surface area contributed by atoms with Gasteiger partial charge in [-0.15, -0.1) is 0 Å². The minimum atomic E-state index is -0.728. The predicted octanol–water partition coefficient (Wildman–Crippen LogP) is 0.564. The van der Waals surface area contributed by atoms with Gasteiger partial charge in [0.1, 0.15) is 11.6 Å². The summed E-state index contributed by atoms with van der Waals surface area (Å²) in [6, 6.07) is 3.89. The lowest BCUT2D eigenvalue weighted by atomic mass is 10.2. The van der Waals surface area contributed by atoms with Crippen molar-refractivity contribution in [2.24, 2.45) is 7.05 Å². The van der Waals surface area contributed by atoms with E-state index < -0.39 is 23.0 Å². The molecule has 7 nitrogen and oxygen atoms in total. The fourth-order valence-electron chi connectivity index (χ4n) is 1.82. The van der Waals surface area contributed by atoms with Crippen molar-refractivity contribution in [3.8, 4) is 11.5 Å². The minimum absolute atomic E-state index is 0.0264. The first-order chi connectivity index (χ1) is 10.4. The lowest BCUT2D eigenvalue weighted by molar-refractivity contribution is 0.0942. The highest BCUT2D eigenvalue weighted by atomic mass is 19.1. The largest absolute Gasteiger partial charge is 0.501 e. The second-order valence-corrected chi connectivity index (χ2v) is 4.50. The predicted molar refractivity (Wildman–Crippen MR) is 75.3 cm³/mol. The number of benzene rings is 1. The first-order valence-corrected chi connectivity index (χ1v) is 6.29. The highest BCUT2D eigenvalue weighted by molar-refractivity contribution is 5.94. The Morgan fingerprint density at radius 2 is 2.23 bits per heavy atom. The molecule has 2 aromatic rings. The molecule has 1 heterocycles. The van der Waals surface area contributed by atoms with E-state index in [2.05, 4.69) is 10.3 Å². The molecular formula is C14H14FN3O4. The summed E-state index contributed by atoms with van der Waals surface area (Å²) in [5.74, 6) is -1.63. The van der Waals surface area contributed by atoms with E-state index in [-0.39, 0.29) is 18.0 Å². The van der Waals surface area contributed by atoms with Crippen LogP contribution in [0, 0.1) is 5.82 Å². The number of aromatic hydroxyl groups is 1. The third-order valence-electron chi connectivity index (χ3n) is 3.01. The third kappa shape index (κ3) is 3.05. The highest BCUT2D eigenvalue weighted by Gasteiger charge is 2.17. The fourth-order valence-corrected chi connectivity index (χ4v) is 1.82. The van der Waals surface area contributed by atoms with E-state index >= 15 is 0 Å². The molecule has 0 atom stereocenters. The molecule has 0 spiro atoms. The Labute approximate surface area is 125 Å². The van der Waals surface area contributed by atoms with Crippen molar-refractivity contribution in [3.63, 3.8) is 0 Å². The molecule has 0 bridgehead atoms. The van der Waals surface area contributed by atoms with Crippen LogP contribution < -0.4 is 15.6 Å². The molecule has 2 rings (SSSR count). The van der Waals surface area contributed by atoms with Gasteiger partial charge in [0, 0.05) is 25.2 Å². The van der Waals surface area contributed by atoms with E-state index in [4.69, 9.17) is 4.74 Å². The number of hydrogen-bond acceptors (Lipinski definition) is 5. The molecule has 0 aliphatic carbocycles. The average molecular weight is 307 g/mol. The second kappa shape index (κ2) is 6.25. The smallest absolute Gasteiger partial charge is 0.296 e. The number of nitrogens with zero attached hydrogens (tertiary/aromatic N) is 2. The molecule has 2 N–H and O–H groups in total. The average Bonchev–Trinajstić information content (AvgIpc) is 2.51. The molecular weight excluding hydrogens is 293 g/mol. The topological polar surface area (TPSA) is 93.5 Å². The van der Waals surface area contributed by atoms with Gasteiger partial charge >= 0.3 is 0 Å². The molecule has 0 radical (unpaired) electrons. The number of aryl methyl sites for hydroxylation is 1. The summed E-state index contributed by atoms with van der Waals surface area (Å²) in [6.07, 6.45) is 1.13. The Bertz CT molecular complexity index is 773. The molecule has 0 fully saturated rings. The summed E-state index contributed by atoms with van der Waals surface area (Å²) >= 11 is 0. The molecule has 1 aromatic carbocycles. The van der Waals surface area contributed by atoms with E-state index in [1.807, 2.05) is 0 Å². The maximum Gasteiger partial charge on any atom is 0.296 e. The van der Waals surface area contributed by atoms with Crippen LogP contribution in [0.4, 0.5) is 4.39 Å². The Morgan fingerprint density at radius 1 is 1.50 bits per heavy atom. The molecule has 116 valence electrons. The molecule has 8 heteroatoms. The van der Waals surface area contributed by atoms with Gasteiger partial charge in [0.25, 0.3) is 11.5 Å². The van der Waals surface area contributed by atoms with Crippen LogP contribution in [0.3, 0.4) is 0 Å². The van der Waals surface area contributed by atoms with Gasteiger partial charge in [0.05, 0.1) is 13.4 Å². The van der Waals surface area contributed by atoms with Gasteiger partial charge in [-0.1, -0.05) is 6.07 Å². The standard InChI is InChI=1S/C14H14FN3O4/c1-18-7-17-11(12(19)14(18)21)13(20)16-6-8-3-4-9(15)5-10(8)22-2/h3-5,7,19H,6H2,1-2H3,(H,16,20). The first kappa shape index (κ1) is 15.5. The van der Waals surface area contributed by atoms with Crippen LogP contribution in [0.5, 0.6) is 11.5 Å². The zero-order valence-electron chi connectivity index (χ0n) is 12.0. The Morgan fingerprint density at radius 3 is 2.91 bits per heavy atom. The lowest BCUT2D eigenvalue weighted by Crippen LogP contribution is -2.28. The van der Waals surface area contributed by atoms with E-state index in [0.717, 1.165) is 10.9 Å². The summed E-state index contributed by atoms with van der Waals surface area (Å²) < 4.78 is 19.1. The number of methoxy groups -OCH3 is 1. The molecule has 22 heavy (non-hydrogen) atoms. The van der Waals surface area contributed by atoms with Crippen molar-refractivity contribution in [2.45, 2.75) is 6.54 Å². The summed E-state index contributed by atoms with van der Waals surface area (Å²) in [6.45, 7) is 0.0264. The van der Waals surface area contributed by atoms with E-state index in [1.165, 1.54) is 32.4 Å². The Kier molecular flexibility index (Phi) is 4.40. The first-order valence-electron chi connectivity index (χ1n) is 6.29. The van der Waals surface area contributed by atoms with Gasteiger partial charge in [-0.25, -0.2) is 9.37 Å². The van der Waals surface area contributed by atoms with Gasteiger partial charge in [-0.3, -0.25) is 14.2 Å². The number of rotatable bonds is 4. The molecule has 0 aliphatic heterocycles. The number of hydrogen-bond donors (Lipinski definition) is 2. The number of nitrogens with one attached hydrogen (secondary N) is 1. The summed E-state index contributed by atoms with van der Waals surface area (Å²) in [4.78, 5) is 27.2. The van der Waals surface area contributed by atoms with Crippen molar-refractivity contribution in [1.29, 1.82) is 0 Å².